The Balaban J connectivity index is 1.20. The molecule has 3 heterocycles. The highest BCUT2D eigenvalue weighted by molar-refractivity contribution is 9.10. The quantitative estimate of drug-likeness (QED) is 0.265. The lowest BCUT2D eigenvalue weighted by Crippen LogP contribution is -2.54. The highest BCUT2D eigenvalue weighted by Gasteiger charge is 2.35. The molecular formula is C30H34BrCl2N7O2. The molecular weight excluding hydrogens is 641 g/mol. The molecule has 4 aromatic rings. The van der Waals surface area contributed by atoms with E-state index in [1.807, 2.05) is 60.0 Å². The van der Waals surface area contributed by atoms with Crippen LogP contribution in [-0.2, 0) is 23.3 Å². The van der Waals surface area contributed by atoms with E-state index in [1.54, 1.807) is 16.8 Å². The lowest BCUT2D eigenvalue weighted by atomic mass is 9.97. The van der Waals surface area contributed by atoms with E-state index in [2.05, 4.69) is 50.1 Å². The van der Waals surface area contributed by atoms with Gasteiger partial charge in [-0.05, 0) is 63.6 Å². The van der Waals surface area contributed by atoms with Crippen molar-refractivity contribution in [2.75, 3.05) is 26.2 Å². The summed E-state index contributed by atoms with van der Waals surface area (Å²) < 4.78 is 4.41. The van der Waals surface area contributed by atoms with E-state index in [-0.39, 0.29) is 17.9 Å². The molecule has 1 atom stereocenters. The fraction of sp³-hybridized carbons (Fsp3) is 0.400. The van der Waals surface area contributed by atoms with Crippen LogP contribution >= 0.6 is 39.1 Å². The summed E-state index contributed by atoms with van der Waals surface area (Å²) in [5, 5.41) is 25.0. The molecule has 1 fully saturated rings. The monoisotopic (exact) mass is 673 g/mol. The van der Waals surface area contributed by atoms with Gasteiger partial charge >= 0.3 is 0 Å². The second kappa shape index (κ2) is 12.5. The highest BCUT2D eigenvalue weighted by atomic mass is 79.9. The zero-order chi connectivity index (χ0) is 30.2. The molecule has 0 saturated carbocycles. The molecule has 0 bridgehead atoms. The number of aromatic nitrogens is 5. The standard InChI is InChI=1S/C30H34BrCl2N7O2/c1-19-24(20(2)40(35-19)23-8-9-25(32)26(33)15-23)16-29(42)37-10-12-38(13-11-37)30(3,4)28-18-39(36-34-28)17-27(41)21-6-5-7-22(31)14-21/h5-9,14-15,18,27,41H,10-13,16-17H2,1-4H3/t27-/m1/s1. The second-order valence-corrected chi connectivity index (χ2v) is 12.9. The van der Waals surface area contributed by atoms with Crippen LogP contribution in [0.2, 0.25) is 10.0 Å². The van der Waals surface area contributed by atoms with E-state index in [1.165, 1.54) is 0 Å². The van der Waals surface area contributed by atoms with Crippen LogP contribution < -0.4 is 0 Å². The zero-order valence-corrected chi connectivity index (χ0v) is 27.2. The average Bonchev–Trinajstić information content (AvgIpc) is 3.55. The number of halogens is 3. The van der Waals surface area contributed by atoms with Crippen LogP contribution in [0.3, 0.4) is 0 Å². The minimum absolute atomic E-state index is 0.0832. The lowest BCUT2D eigenvalue weighted by Gasteiger charge is -2.43. The van der Waals surface area contributed by atoms with E-state index >= 15 is 0 Å². The summed E-state index contributed by atoms with van der Waals surface area (Å²) in [5.74, 6) is 0.0832. The van der Waals surface area contributed by atoms with E-state index in [4.69, 9.17) is 23.2 Å². The Morgan fingerprint density at radius 1 is 1.07 bits per heavy atom. The SMILES string of the molecule is Cc1nn(-c2ccc(Cl)c(Cl)c2)c(C)c1CC(=O)N1CCN(C(C)(C)c2cn(C[C@@H](O)c3cccc(Br)c3)nn2)CC1. The van der Waals surface area contributed by atoms with Crippen molar-refractivity contribution >= 4 is 45.0 Å². The van der Waals surface area contributed by atoms with Crippen molar-refractivity contribution in [3.63, 3.8) is 0 Å². The lowest BCUT2D eigenvalue weighted by molar-refractivity contribution is -0.133. The molecule has 0 radical (unpaired) electrons. The number of rotatable bonds is 8. The maximum atomic E-state index is 13.4. The van der Waals surface area contributed by atoms with Crippen molar-refractivity contribution in [3.8, 4) is 5.69 Å². The van der Waals surface area contributed by atoms with E-state index in [9.17, 15) is 9.90 Å². The number of aliphatic hydroxyl groups is 1. The molecule has 12 heteroatoms. The van der Waals surface area contributed by atoms with Crippen molar-refractivity contribution in [3.05, 3.63) is 91.4 Å². The number of carbonyl (C=O) groups excluding carboxylic acids is 1. The van der Waals surface area contributed by atoms with Crippen LogP contribution in [0.1, 0.15) is 48.2 Å². The molecule has 1 N–H and O–H groups in total. The van der Waals surface area contributed by atoms with Gasteiger partial charge in [-0.3, -0.25) is 9.69 Å². The van der Waals surface area contributed by atoms with Gasteiger partial charge in [0.25, 0.3) is 0 Å². The van der Waals surface area contributed by atoms with Gasteiger partial charge in [-0.15, -0.1) is 5.10 Å². The molecule has 1 saturated heterocycles. The van der Waals surface area contributed by atoms with Crippen LogP contribution in [0.25, 0.3) is 5.69 Å². The third-order valence-electron chi connectivity index (χ3n) is 8.10. The molecule has 1 aliphatic heterocycles. The summed E-state index contributed by atoms with van der Waals surface area (Å²) in [5.41, 5.74) is 4.71. The third kappa shape index (κ3) is 6.43. The summed E-state index contributed by atoms with van der Waals surface area (Å²) in [4.78, 5) is 17.6. The first-order chi connectivity index (χ1) is 19.9. The van der Waals surface area contributed by atoms with Crippen molar-refractivity contribution in [2.24, 2.45) is 0 Å². The number of amides is 1. The predicted molar refractivity (Wildman–Crippen MR) is 167 cm³/mol. The average molecular weight is 675 g/mol. The highest BCUT2D eigenvalue weighted by Crippen LogP contribution is 2.29. The van der Waals surface area contributed by atoms with Crippen molar-refractivity contribution in [1.82, 2.24) is 34.6 Å². The van der Waals surface area contributed by atoms with Gasteiger partial charge in [0, 0.05) is 41.9 Å². The third-order valence-corrected chi connectivity index (χ3v) is 9.33. The normalized spacial score (nSPS) is 15.3. The van der Waals surface area contributed by atoms with Gasteiger partial charge in [0.1, 0.15) is 5.69 Å². The molecule has 1 aliphatic rings. The van der Waals surface area contributed by atoms with Crippen LogP contribution in [-0.4, -0.2) is 71.8 Å². The van der Waals surface area contributed by atoms with Gasteiger partial charge in [0.05, 0.1) is 52.2 Å². The van der Waals surface area contributed by atoms with E-state index in [0.717, 1.165) is 38.4 Å². The molecule has 0 unspecified atom stereocenters. The fourth-order valence-electron chi connectivity index (χ4n) is 5.40. The van der Waals surface area contributed by atoms with Gasteiger partial charge in [0.15, 0.2) is 0 Å². The van der Waals surface area contributed by atoms with Crippen molar-refractivity contribution in [1.29, 1.82) is 0 Å². The molecule has 0 spiro atoms. The van der Waals surface area contributed by atoms with Crippen LogP contribution in [0.4, 0.5) is 0 Å². The van der Waals surface area contributed by atoms with E-state index in [0.29, 0.717) is 42.8 Å². The molecule has 1 amide bonds. The molecule has 222 valence electrons. The smallest absolute Gasteiger partial charge is 0.227 e. The first-order valence-electron chi connectivity index (χ1n) is 13.8. The van der Waals surface area contributed by atoms with Crippen molar-refractivity contribution in [2.45, 2.75) is 52.3 Å². The van der Waals surface area contributed by atoms with Gasteiger partial charge in [-0.1, -0.05) is 56.5 Å². The summed E-state index contributed by atoms with van der Waals surface area (Å²) in [7, 11) is 0. The number of carbonyl (C=O) groups is 1. The Labute approximate surface area is 264 Å². The number of aryl methyl sites for hydroxylation is 1. The van der Waals surface area contributed by atoms with Gasteiger partial charge in [-0.2, -0.15) is 5.10 Å². The molecule has 2 aromatic heterocycles. The molecule has 9 nitrogen and oxygen atoms in total. The minimum Gasteiger partial charge on any atom is -0.386 e. The first-order valence-corrected chi connectivity index (χ1v) is 15.4. The largest absolute Gasteiger partial charge is 0.386 e. The number of aliphatic hydroxyl groups excluding tert-OH is 1. The molecule has 0 aliphatic carbocycles. The number of benzene rings is 2. The summed E-state index contributed by atoms with van der Waals surface area (Å²) in [6.45, 7) is 11.1. The number of hydrogen-bond acceptors (Lipinski definition) is 6. The molecule has 5 rings (SSSR count). The molecule has 42 heavy (non-hydrogen) atoms. The Morgan fingerprint density at radius 2 is 1.81 bits per heavy atom. The van der Waals surface area contributed by atoms with Crippen LogP contribution in [0.15, 0.2) is 53.1 Å². The Bertz CT molecular complexity index is 1590. The zero-order valence-electron chi connectivity index (χ0n) is 24.1. The predicted octanol–water partition coefficient (Wildman–Crippen LogP) is 5.51. The fourth-order valence-corrected chi connectivity index (χ4v) is 6.11. The topological polar surface area (TPSA) is 92.3 Å². The minimum atomic E-state index is -0.696. The summed E-state index contributed by atoms with van der Waals surface area (Å²) in [6.07, 6.45) is 1.49. The molecule has 2 aromatic carbocycles. The summed E-state index contributed by atoms with van der Waals surface area (Å²) in [6, 6.07) is 13.0. The van der Waals surface area contributed by atoms with Crippen LogP contribution in [0.5, 0.6) is 0 Å². The maximum absolute atomic E-state index is 13.4. The van der Waals surface area contributed by atoms with Gasteiger partial charge < -0.3 is 10.0 Å². The van der Waals surface area contributed by atoms with E-state index < -0.39 is 6.10 Å². The van der Waals surface area contributed by atoms with Gasteiger partial charge in [-0.25, -0.2) is 9.36 Å². The number of piperazine rings is 1. The Kier molecular flexibility index (Phi) is 9.10. The first kappa shape index (κ1) is 30.7. The van der Waals surface area contributed by atoms with Crippen LogP contribution in [0, 0.1) is 13.8 Å². The number of nitrogens with zero attached hydrogens (tertiary/aromatic N) is 7. The maximum Gasteiger partial charge on any atom is 0.227 e. The number of hydrogen-bond donors (Lipinski definition) is 1. The summed E-state index contributed by atoms with van der Waals surface area (Å²) >= 11 is 15.8. The Hall–Kier alpha value is -2.76. The Morgan fingerprint density at radius 3 is 2.50 bits per heavy atom. The van der Waals surface area contributed by atoms with Gasteiger partial charge in [0.2, 0.25) is 5.91 Å². The second-order valence-electron chi connectivity index (χ2n) is 11.2. The van der Waals surface area contributed by atoms with Crippen molar-refractivity contribution < 1.29 is 9.90 Å².